The number of benzene rings is 1. The number of aromatic nitrogens is 1. The van der Waals surface area contributed by atoms with Gasteiger partial charge in [-0.2, -0.15) is 13.2 Å². The number of anilines is 2. The maximum absolute atomic E-state index is 13.2. The van der Waals surface area contributed by atoms with Gasteiger partial charge in [0, 0.05) is 44.5 Å². The number of piperazine rings is 1. The van der Waals surface area contributed by atoms with Gasteiger partial charge in [0.1, 0.15) is 5.82 Å². The number of aryl methyl sites for hydroxylation is 1. The highest BCUT2D eigenvalue weighted by Crippen LogP contribution is 2.45. The molecule has 0 radical (unpaired) electrons. The molecular formula is C24H27F3N4O3S. The molecule has 0 bridgehead atoms. The summed E-state index contributed by atoms with van der Waals surface area (Å²) >= 11 is 0. The van der Waals surface area contributed by atoms with Crippen LogP contribution in [0.15, 0.2) is 30.5 Å². The normalized spacial score (nSPS) is 20.4. The topological polar surface area (TPSA) is 73.8 Å². The average molecular weight is 509 g/mol. The van der Waals surface area contributed by atoms with Crippen LogP contribution in [0.4, 0.5) is 24.7 Å². The summed E-state index contributed by atoms with van der Waals surface area (Å²) in [6, 6.07) is 6.31. The van der Waals surface area contributed by atoms with Crippen LogP contribution < -0.4 is 9.21 Å². The van der Waals surface area contributed by atoms with Gasteiger partial charge < -0.3 is 9.80 Å². The van der Waals surface area contributed by atoms with Gasteiger partial charge in [-0.3, -0.25) is 9.10 Å². The lowest BCUT2D eigenvalue weighted by atomic mass is 10.1. The quantitative estimate of drug-likeness (QED) is 0.629. The Kier molecular flexibility index (Phi) is 5.93. The number of hydrogen-bond donors (Lipinski definition) is 0. The Morgan fingerprint density at radius 2 is 1.77 bits per heavy atom. The Balaban J connectivity index is 1.28. The number of halogens is 3. The van der Waals surface area contributed by atoms with Gasteiger partial charge in [-0.05, 0) is 67.5 Å². The van der Waals surface area contributed by atoms with Crippen molar-refractivity contribution >= 4 is 27.4 Å². The smallest absolute Gasteiger partial charge is 0.353 e. The summed E-state index contributed by atoms with van der Waals surface area (Å²) in [5.74, 6) is 0.688. The standard InChI is InChI=1S/C24H27F3N4O3S/c1-16-13-19(31-7-2-12-35(31,33)34)5-6-20(16)23(32)30-10-8-29(9-11-30)22-21(17-3-4-17)14-18(15-28-22)24(25,26)27/h5-6,13-15,17H,2-4,7-12H2,1H3. The second kappa shape index (κ2) is 8.69. The Bertz CT molecular complexity index is 1250. The number of carbonyl (C=O) groups is 1. The van der Waals surface area contributed by atoms with Gasteiger partial charge in [-0.15, -0.1) is 0 Å². The lowest BCUT2D eigenvalue weighted by Gasteiger charge is -2.36. The first-order chi connectivity index (χ1) is 16.5. The molecule has 0 atom stereocenters. The zero-order valence-corrected chi connectivity index (χ0v) is 20.2. The second-order valence-electron chi connectivity index (χ2n) is 9.43. The molecule has 2 aromatic rings. The van der Waals surface area contributed by atoms with Crippen molar-refractivity contribution in [3.63, 3.8) is 0 Å². The molecule has 188 valence electrons. The molecule has 0 N–H and O–H groups in total. The van der Waals surface area contributed by atoms with Crippen molar-refractivity contribution in [3.8, 4) is 0 Å². The minimum absolute atomic E-state index is 0.111. The zero-order chi connectivity index (χ0) is 25.0. The Morgan fingerprint density at radius 1 is 1.06 bits per heavy atom. The monoisotopic (exact) mass is 508 g/mol. The molecular weight excluding hydrogens is 481 g/mol. The minimum Gasteiger partial charge on any atom is -0.353 e. The Morgan fingerprint density at radius 3 is 2.34 bits per heavy atom. The van der Waals surface area contributed by atoms with Gasteiger partial charge in [0.25, 0.3) is 5.91 Å². The van der Waals surface area contributed by atoms with Crippen LogP contribution in [-0.4, -0.2) is 62.7 Å². The molecule has 1 aromatic carbocycles. The van der Waals surface area contributed by atoms with Crippen LogP contribution in [0, 0.1) is 6.92 Å². The third-order valence-electron chi connectivity index (χ3n) is 6.93. The van der Waals surface area contributed by atoms with Crippen molar-refractivity contribution in [2.45, 2.75) is 38.3 Å². The first-order valence-electron chi connectivity index (χ1n) is 11.8. The fourth-order valence-electron chi connectivity index (χ4n) is 4.85. The minimum atomic E-state index is -4.42. The van der Waals surface area contributed by atoms with Gasteiger partial charge in [0.05, 0.1) is 17.0 Å². The molecule has 11 heteroatoms. The maximum Gasteiger partial charge on any atom is 0.417 e. The van der Waals surface area contributed by atoms with E-state index in [1.54, 1.807) is 30.0 Å². The van der Waals surface area contributed by atoms with E-state index in [-0.39, 0.29) is 17.6 Å². The molecule has 1 aliphatic carbocycles. The lowest BCUT2D eigenvalue weighted by molar-refractivity contribution is -0.137. The third-order valence-corrected chi connectivity index (χ3v) is 8.80. The van der Waals surface area contributed by atoms with Gasteiger partial charge in [0.15, 0.2) is 0 Å². The number of hydrogen-bond acceptors (Lipinski definition) is 5. The molecule has 0 spiro atoms. The van der Waals surface area contributed by atoms with Crippen LogP contribution in [0.2, 0.25) is 0 Å². The number of sulfonamides is 1. The van der Waals surface area contributed by atoms with Crippen LogP contribution in [-0.2, 0) is 16.2 Å². The number of carbonyl (C=O) groups excluding carboxylic acids is 1. The van der Waals surface area contributed by atoms with Crippen LogP contribution in [0.1, 0.15) is 52.2 Å². The molecule has 3 aliphatic rings. The molecule has 2 saturated heterocycles. The van der Waals surface area contributed by atoms with Crippen LogP contribution >= 0.6 is 0 Å². The average Bonchev–Trinajstić information content (AvgIpc) is 3.60. The first-order valence-corrected chi connectivity index (χ1v) is 13.4. The highest BCUT2D eigenvalue weighted by molar-refractivity contribution is 7.93. The van der Waals surface area contributed by atoms with Crippen molar-refractivity contribution < 1.29 is 26.4 Å². The Hall–Kier alpha value is -2.82. The highest BCUT2D eigenvalue weighted by atomic mass is 32.2. The molecule has 35 heavy (non-hydrogen) atoms. The number of pyridine rings is 1. The van der Waals surface area contributed by atoms with E-state index in [1.807, 2.05) is 4.90 Å². The SMILES string of the molecule is Cc1cc(N2CCCS2(=O)=O)ccc1C(=O)N1CCN(c2ncc(C(F)(F)F)cc2C2CC2)CC1. The van der Waals surface area contributed by atoms with E-state index in [0.717, 1.165) is 19.0 Å². The van der Waals surface area contributed by atoms with E-state index in [9.17, 15) is 26.4 Å². The fraction of sp³-hybridized carbons (Fsp3) is 0.500. The van der Waals surface area contributed by atoms with E-state index >= 15 is 0 Å². The first kappa shape index (κ1) is 23.9. The Labute approximate surface area is 202 Å². The van der Waals surface area contributed by atoms with Crippen molar-refractivity contribution in [2.24, 2.45) is 0 Å². The molecule has 2 aliphatic heterocycles. The van der Waals surface area contributed by atoms with E-state index < -0.39 is 21.8 Å². The maximum atomic E-state index is 13.2. The van der Waals surface area contributed by atoms with Crippen LogP contribution in [0.25, 0.3) is 0 Å². The largest absolute Gasteiger partial charge is 0.417 e. The van der Waals surface area contributed by atoms with E-state index in [0.29, 0.717) is 67.3 Å². The lowest BCUT2D eigenvalue weighted by Crippen LogP contribution is -2.49. The second-order valence-corrected chi connectivity index (χ2v) is 11.4. The van der Waals surface area contributed by atoms with Gasteiger partial charge >= 0.3 is 6.18 Å². The van der Waals surface area contributed by atoms with Gasteiger partial charge in [-0.25, -0.2) is 13.4 Å². The number of amides is 1. The molecule has 1 aromatic heterocycles. The van der Waals surface area contributed by atoms with Crippen molar-refractivity contribution in [2.75, 3.05) is 47.7 Å². The predicted molar refractivity (Wildman–Crippen MR) is 126 cm³/mol. The molecule has 3 fully saturated rings. The summed E-state index contributed by atoms with van der Waals surface area (Å²) in [6.07, 6.45) is -1.22. The summed E-state index contributed by atoms with van der Waals surface area (Å²) in [5, 5.41) is 0. The fourth-order valence-corrected chi connectivity index (χ4v) is 6.41. The van der Waals surface area contributed by atoms with E-state index in [2.05, 4.69) is 4.98 Å². The summed E-state index contributed by atoms with van der Waals surface area (Å²) in [7, 11) is -3.30. The molecule has 3 heterocycles. The van der Waals surface area contributed by atoms with Crippen molar-refractivity contribution in [1.29, 1.82) is 0 Å². The van der Waals surface area contributed by atoms with Crippen LogP contribution in [0.3, 0.4) is 0 Å². The highest BCUT2D eigenvalue weighted by Gasteiger charge is 2.36. The number of nitrogens with zero attached hydrogens (tertiary/aromatic N) is 4. The molecule has 1 amide bonds. The summed E-state index contributed by atoms with van der Waals surface area (Å²) in [4.78, 5) is 21.1. The molecule has 5 rings (SSSR count). The molecule has 7 nitrogen and oxygen atoms in total. The molecule has 0 unspecified atom stereocenters. The van der Waals surface area contributed by atoms with E-state index in [4.69, 9.17) is 0 Å². The van der Waals surface area contributed by atoms with Crippen molar-refractivity contribution in [3.05, 3.63) is 52.7 Å². The van der Waals surface area contributed by atoms with E-state index in [1.165, 1.54) is 10.4 Å². The number of alkyl halides is 3. The van der Waals surface area contributed by atoms with Crippen LogP contribution in [0.5, 0.6) is 0 Å². The van der Waals surface area contributed by atoms with Crippen molar-refractivity contribution in [1.82, 2.24) is 9.88 Å². The third kappa shape index (κ3) is 4.70. The van der Waals surface area contributed by atoms with Gasteiger partial charge in [0.2, 0.25) is 10.0 Å². The number of rotatable bonds is 4. The summed E-state index contributed by atoms with van der Waals surface area (Å²) in [5.41, 5.74) is 1.71. The summed E-state index contributed by atoms with van der Waals surface area (Å²) < 4.78 is 65.4. The molecule has 1 saturated carbocycles. The van der Waals surface area contributed by atoms with Gasteiger partial charge in [-0.1, -0.05) is 0 Å². The zero-order valence-electron chi connectivity index (χ0n) is 19.4. The summed E-state index contributed by atoms with van der Waals surface area (Å²) in [6.45, 7) is 4.04. The predicted octanol–water partition coefficient (Wildman–Crippen LogP) is 3.79.